The van der Waals surface area contributed by atoms with E-state index in [0.29, 0.717) is 30.0 Å². The van der Waals surface area contributed by atoms with Gasteiger partial charge in [0.25, 0.3) is 5.91 Å². The predicted octanol–water partition coefficient (Wildman–Crippen LogP) is 3.52. The Hall–Kier alpha value is -2.67. The van der Waals surface area contributed by atoms with Crippen LogP contribution in [0, 0.1) is 12.7 Å². The van der Waals surface area contributed by atoms with Gasteiger partial charge in [0.05, 0.1) is 10.6 Å². The number of amides is 1. The summed E-state index contributed by atoms with van der Waals surface area (Å²) in [4.78, 5) is 15.8. The molecule has 5 nitrogen and oxygen atoms in total. The molecule has 27 heavy (non-hydrogen) atoms. The third kappa shape index (κ3) is 2.92. The molecule has 0 spiro atoms. The molecule has 0 radical (unpaired) electrons. The fourth-order valence-corrected chi connectivity index (χ4v) is 4.99. The molecule has 0 aromatic heterocycles. The maximum absolute atomic E-state index is 14.1. The summed E-state index contributed by atoms with van der Waals surface area (Å²) in [5, 5.41) is 0. The molecule has 7 heteroatoms. The van der Waals surface area contributed by atoms with Gasteiger partial charge in [0.15, 0.2) is 4.91 Å². The Morgan fingerprint density at radius 3 is 2.48 bits per heavy atom. The number of aryl methyl sites for hydroxylation is 1. The Labute approximate surface area is 157 Å². The number of hydrogen-bond acceptors (Lipinski definition) is 4. The molecule has 2 aliphatic heterocycles. The zero-order valence-corrected chi connectivity index (χ0v) is 15.7. The van der Waals surface area contributed by atoms with Crippen LogP contribution in [0.4, 0.5) is 15.8 Å². The number of likely N-dealkylation sites (tertiary alicyclic amines) is 1. The monoisotopic (exact) mass is 386 g/mol. The number of sulfone groups is 1. The number of anilines is 2. The van der Waals surface area contributed by atoms with Crippen LogP contribution in [0.2, 0.25) is 0 Å². The van der Waals surface area contributed by atoms with Crippen LogP contribution in [-0.2, 0) is 14.6 Å². The highest BCUT2D eigenvalue weighted by atomic mass is 32.2. The summed E-state index contributed by atoms with van der Waals surface area (Å²) in [5.74, 6) is -0.890. The topological polar surface area (TPSA) is 57.7 Å². The third-order valence-corrected chi connectivity index (χ3v) is 6.77. The number of nitrogens with zero attached hydrogens (tertiary/aromatic N) is 2. The van der Waals surface area contributed by atoms with Crippen molar-refractivity contribution in [2.75, 3.05) is 18.0 Å². The summed E-state index contributed by atoms with van der Waals surface area (Å²) in [5.41, 5.74) is 1.36. The van der Waals surface area contributed by atoms with Crippen LogP contribution in [0.5, 0.6) is 0 Å². The predicted molar refractivity (Wildman–Crippen MR) is 101 cm³/mol. The first-order valence-electron chi connectivity index (χ1n) is 8.80. The van der Waals surface area contributed by atoms with Gasteiger partial charge in [-0.25, -0.2) is 12.8 Å². The maximum atomic E-state index is 14.1. The van der Waals surface area contributed by atoms with E-state index >= 15 is 0 Å². The van der Waals surface area contributed by atoms with E-state index in [4.69, 9.17) is 0 Å². The Morgan fingerprint density at radius 1 is 1.07 bits per heavy atom. The van der Waals surface area contributed by atoms with Gasteiger partial charge >= 0.3 is 0 Å². The lowest BCUT2D eigenvalue weighted by Gasteiger charge is -2.30. The molecule has 2 aromatic carbocycles. The minimum atomic E-state index is -3.94. The first kappa shape index (κ1) is 17.7. The van der Waals surface area contributed by atoms with Gasteiger partial charge < -0.3 is 9.80 Å². The van der Waals surface area contributed by atoms with E-state index in [9.17, 15) is 17.6 Å². The molecule has 1 fully saturated rings. The summed E-state index contributed by atoms with van der Waals surface area (Å²) in [7, 11) is -3.94. The van der Waals surface area contributed by atoms with Crippen molar-refractivity contribution < 1.29 is 17.6 Å². The molecule has 1 amide bonds. The van der Waals surface area contributed by atoms with E-state index in [-0.39, 0.29) is 15.6 Å². The van der Waals surface area contributed by atoms with Crippen molar-refractivity contribution >= 4 is 27.1 Å². The van der Waals surface area contributed by atoms with Gasteiger partial charge in [0, 0.05) is 25.0 Å². The van der Waals surface area contributed by atoms with Gasteiger partial charge in [0.2, 0.25) is 9.84 Å². The molecular formula is C20H19FN2O3S. The van der Waals surface area contributed by atoms with Crippen molar-refractivity contribution in [3.63, 3.8) is 0 Å². The second-order valence-electron chi connectivity index (χ2n) is 6.77. The minimum Gasteiger partial charge on any atom is -0.338 e. The first-order valence-corrected chi connectivity index (χ1v) is 10.3. The summed E-state index contributed by atoms with van der Waals surface area (Å²) < 4.78 is 40.3. The highest BCUT2D eigenvalue weighted by Gasteiger charge is 2.38. The minimum absolute atomic E-state index is 0.0519. The number of halogens is 1. The highest BCUT2D eigenvalue weighted by molar-refractivity contribution is 7.96. The Bertz CT molecular complexity index is 1060. The van der Waals surface area contributed by atoms with Crippen molar-refractivity contribution in [3.05, 3.63) is 65.0 Å². The second kappa shape index (κ2) is 6.49. The van der Waals surface area contributed by atoms with Gasteiger partial charge in [-0.05, 0) is 49.6 Å². The van der Waals surface area contributed by atoms with Crippen LogP contribution in [0.3, 0.4) is 0 Å². The zero-order chi connectivity index (χ0) is 19.2. The zero-order valence-electron chi connectivity index (χ0n) is 14.9. The Balaban J connectivity index is 1.89. The van der Waals surface area contributed by atoms with E-state index in [1.807, 2.05) is 0 Å². The lowest BCUT2D eigenvalue weighted by atomic mass is 10.2. The molecular weight excluding hydrogens is 367 g/mol. The average molecular weight is 386 g/mol. The van der Waals surface area contributed by atoms with Crippen LogP contribution >= 0.6 is 0 Å². The van der Waals surface area contributed by atoms with E-state index in [1.54, 1.807) is 47.1 Å². The van der Waals surface area contributed by atoms with Crippen LogP contribution in [0.1, 0.15) is 18.4 Å². The summed E-state index contributed by atoms with van der Waals surface area (Å²) in [6, 6.07) is 11.2. The Morgan fingerprint density at radius 2 is 1.78 bits per heavy atom. The number of fused-ring (bicyclic) bond motifs is 1. The van der Waals surface area contributed by atoms with Crippen molar-refractivity contribution in [2.45, 2.75) is 24.7 Å². The largest absolute Gasteiger partial charge is 0.338 e. The highest BCUT2D eigenvalue weighted by Crippen LogP contribution is 2.40. The molecule has 0 N–H and O–H groups in total. The average Bonchev–Trinajstić information content (AvgIpc) is 3.19. The number of para-hydroxylation sites is 1. The van der Waals surface area contributed by atoms with Gasteiger partial charge in [0.1, 0.15) is 5.82 Å². The molecule has 0 atom stereocenters. The molecule has 2 heterocycles. The molecule has 140 valence electrons. The molecule has 0 unspecified atom stereocenters. The van der Waals surface area contributed by atoms with Crippen LogP contribution in [0.15, 0.2) is 58.5 Å². The van der Waals surface area contributed by atoms with Gasteiger partial charge in [-0.15, -0.1) is 0 Å². The number of hydrogen-bond donors (Lipinski definition) is 0. The maximum Gasteiger partial charge on any atom is 0.267 e. The van der Waals surface area contributed by atoms with E-state index in [1.165, 1.54) is 18.3 Å². The van der Waals surface area contributed by atoms with Gasteiger partial charge in [-0.1, -0.05) is 18.2 Å². The summed E-state index contributed by atoms with van der Waals surface area (Å²) in [6.45, 7) is 2.75. The number of carbonyl (C=O) groups excluding carboxylic acids is 1. The van der Waals surface area contributed by atoms with Crippen LogP contribution < -0.4 is 4.90 Å². The molecule has 4 rings (SSSR count). The van der Waals surface area contributed by atoms with Crippen LogP contribution in [-0.4, -0.2) is 32.3 Å². The van der Waals surface area contributed by atoms with E-state index in [2.05, 4.69) is 0 Å². The SMILES string of the molecule is Cc1ccc(N2C=C(C(=O)N3CCCC3)S(=O)(=O)c3ccccc32)cc1F. The van der Waals surface area contributed by atoms with Crippen LogP contribution in [0.25, 0.3) is 0 Å². The quantitative estimate of drug-likeness (QED) is 0.792. The molecule has 2 aliphatic rings. The second-order valence-corrected chi connectivity index (χ2v) is 8.65. The standard InChI is InChI=1S/C20H19FN2O3S/c1-14-8-9-15(12-16(14)21)23-13-19(20(24)22-10-4-5-11-22)27(25,26)18-7-3-2-6-17(18)23/h2-3,6-9,12-13H,4-5,10-11H2,1H3. The lowest BCUT2D eigenvalue weighted by molar-refractivity contribution is -0.125. The lowest BCUT2D eigenvalue weighted by Crippen LogP contribution is -2.35. The van der Waals surface area contributed by atoms with E-state index < -0.39 is 15.7 Å². The van der Waals surface area contributed by atoms with Crippen molar-refractivity contribution in [1.29, 1.82) is 0 Å². The third-order valence-electron chi connectivity index (χ3n) is 4.99. The smallest absolute Gasteiger partial charge is 0.267 e. The van der Waals surface area contributed by atoms with Crippen molar-refractivity contribution in [1.82, 2.24) is 4.90 Å². The van der Waals surface area contributed by atoms with Gasteiger partial charge in [-0.2, -0.15) is 0 Å². The van der Waals surface area contributed by atoms with Crippen molar-refractivity contribution in [3.8, 4) is 0 Å². The van der Waals surface area contributed by atoms with E-state index in [0.717, 1.165) is 12.8 Å². The number of rotatable bonds is 2. The fourth-order valence-electron chi connectivity index (χ4n) is 3.45. The summed E-state index contributed by atoms with van der Waals surface area (Å²) >= 11 is 0. The normalized spacial score (nSPS) is 18.2. The molecule has 2 aromatic rings. The van der Waals surface area contributed by atoms with Crippen molar-refractivity contribution in [2.24, 2.45) is 0 Å². The number of benzene rings is 2. The molecule has 0 saturated carbocycles. The molecule has 0 bridgehead atoms. The molecule has 1 saturated heterocycles. The van der Waals surface area contributed by atoms with Gasteiger partial charge in [-0.3, -0.25) is 4.79 Å². The first-order chi connectivity index (χ1) is 12.9. The number of carbonyl (C=O) groups is 1. The molecule has 0 aliphatic carbocycles. The fraction of sp³-hybridized carbons (Fsp3) is 0.250. The summed E-state index contributed by atoms with van der Waals surface area (Å²) in [6.07, 6.45) is 3.05. The Kier molecular flexibility index (Phi) is 4.26.